The van der Waals surface area contributed by atoms with E-state index in [9.17, 15) is 0 Å². The van der Waals surface area contributed by atoms with E-state index in [1.807, 2.05) is 66.7 Å². The van der Waals surface area contributed by atoms with Gasteiger partial charge in [0.2, 0.25) is 0 Å². The first-order chi connectivity index (χ1) is 11.0. The summed E-state index contributed by atoms with van der Waals surface area (Å²) in [4.78, 5) is 0. The second-order valence-corrected chi connectivity index (χ2v) is 7.67. The fourth-order valence-electron chi connectivity index (χ4n) is 2.75. The third kappa shape index (κ3) is 4.03. The monoisotopic (exact) mass is 394 g/mol. The first-order valence-corrected chi connectivity index (χ1v) is 8.66. The van der Waals surface area contributed by atoms with Gasteiger partial charge in [-0.25, -0.2) is 4.39 Å². The average molecular weight is 396 g/mol. The summed E-state index contributed by atoms with van der Waals surface area (Å²) in [6.07, 6.45) is 2.34. The zero-order valence-corrected chi connectivity index (χ0v) is 14.9. The van der Waals surface area contributed by atoms with E-state index in [2.05, 4.69) is 15.9 Å². The number of allylic oxidation sites excluding steroid dienone is 1. The Kier molecular flexibility index (Phi) is 4.90. The molecule has 3 rings (SSSR count). The molecule has 0 aliphatic heterocycles. The smallest absolute Gasteiger partial charge is 0.194 e. The van der Waals surface area contributed by atoms with Crippen molar-refractivity contribution in [2.45, 2.75) is 29.1 Å². The molecule has 0 fully saturated rings. The van der Waals surface area contributed by atoms with Gasteiger partial charge in [-0.05, 0) is 27.1 Å². The maximum Gasteiger partial charge on any atom is 0.194 e. The molecule has 0 amide bonds. The van der Waals surface area contributed by atoms with Crippen LogP contribution in [0.5, 0.6) is 0 Å². The van der Waals surface area contributed by atoms with Crippen molar-refractivity contribution in [3.05, 3.63) is 77.9 Å². The fourth-order valence-corrected chi connectivity index (χ4v) is 4.07. The van der Waals surface area contributed by atoms with E-state index in [4.69, 9.17) is 16.3 Å². The summed E-state index contributed by atoms with van der Waals surface area (Å²) in [5, 5.41) is -1.05. The lowest BCUT2D eigenvalue weighted by Gasteiger charge is -2.37. The van der Waals surface area contributed by atoms with Gasteiger partial charge in [-0.1, -0.05) is 78.3 Å². The lowest BCUT2D eigenvalue weighted by atomic mass is 9.90. The van der Waals surface area contributed by atoms with Crippen LogP contribution in [0.25, 0.3) is 5.57 Å². The third-order valence-corrected chi connectivity index (χ3v) is 5.02. The minimum Gasteiger partial charge on any atom is -0.355 e. The van der Waals surface area contributed by atoms with Crippen molar-refractivity contribution in [2.24, 2.45) is 0 Å². The highest BCUT2D eigenvalue weighted by molar-refractivity contribution is 9.10. The van der Waals surface area contributed by atoms with Gasteiger partial charge in [0.25, 0.3) is 0 Å². The molecule has 0 heterocycles. The van der Waals surface area contributed by atoms with Gasteiger partial charge in [0.15, 0.2) is 4.58 Å². The molecule has 23 heavy (non-hydrogen) atoms. The Balaban J connectivity index is 1.76. The molecule has 2 aromatic carbocycles. The van der Waals surface area contributed by atoms with E-state index in [0.717, 1.165) is 11.1 Å². The van der Waals surface area contributed by atoms with Crippen molar-refractivity contribution in [2.75, 3.05) is 0 Å². The highest BCUT2D eigenvalue weighted by Gasteiger charge is 2.45. The molecule has 1 aliphatic rings. The molecule has 0 saturated carbocycles. The molecule has 2 atom stereocenters. The van der Waals surface area contributed by atoms with Crippen LogP contribution < -0.4 is 0 Å². The molecule has 0 saturated heterocycles. The van der Waals surface area contributed by atoms with Gasteiger partial charge in [0, 0.05) is 18.4 Å². The van der Waals surface area contributed by atoms with Gasteiger partial charge in [0.05, 0.1) is 6.61 Å². The Morgan fingerprint density at radius 2 is 1.65 bits per heavy atom. The van der Waals surface area contributed by atoms with Crippen LogP contribution in [0.4, 0.5) is 4.39 Å². The van der Waals surface area contributed by atoms with Gasteiger partial charge in [-0.15, -0.1) is 0 Å². The summed E-state index contributed by atoms with van der Waals surface area (Å²) in [7, 11) is 0. The number of ether oxygens (including phenoxy) is 1. The van der Waals surface area contributed by atoms with Crippen molar-refractivity contribution >= 4 is 33.1 Å². The summed E-state index contributed by atoms with van der Waals surface area (Å²) in [6.45, 7) is 0.363. The topological polar surface area (TPSA) is 9.23 Å². The standard InChI is InChI=1S/C19H17BrClFO/c20-19(22)14-18(21,23-13-15-7-3-1-4-8-15)12-11-17(19)16-9-5-2-6-10-16/h1-11H,12-14H2. The molecule has 120 valence electrons. The predicted molar refractivity (Wildman–Crippen MR) is 96.2 cm³/mol. The van der Waals surface area contributed by atoms with E-state index in [1.165, 1.54) is 0 Å². The molecule has 0 aromatic heterocycles. The van der Waals surface area contributed by atoms with Crippen molar-refractivity contribution in [3.63, 3.8) is 0 Å². The number of rotatable bonds is 4. The van der Waals surface area contributed by atoms with Crippen LogP contribution in [0.1, 0.15) is 24.0 Å². The zero-order valence-electron chi connectivity index (χ0n) is 12.5. The van der Waals surface area contributed by atoms with Gasteiger partial charge >= 0.3 is 0 Å². The Morgan fingerprint density at radius 1 is 1.04 bits per heavy atom. The van der Waals surface area contributed by atoms with Gasteiger partial charge < -0.3 is 4.74 Å². The lowest BCUT2D eigenvalue weighted by molar-refractivity contribution is -0.0125. The molecule has 0 spiro atoms. The molecule has 0 radical (unpaired) electrons. The van der Waals surface area contributed by atoms with Crippen LogP contribution in [0.15, 0.2) is 66.7 Å². The van der Waals surface area contributed by atoms with E-state index in [1.54, 1.807) is 0 Å². The summed E-state index contributed by atoms with van der Waals surface area (Å²) in [5.41, 5.74) is 2.48. The van der Waals surface area contributed by atoms with Crippen molar-refractivity contribution in [1.82, 2.24) is 0 Å². The number of halogens is 3. The van der Waals surface area contributed by atoms with E-state index >= 15 is 4.39 Å². The number of hydrogen-bond acceptors (Lipinski definition) is 1. The van der Waals surface area contributed by atoms with Crippen LogP contribution >= 0.6 is 27.5 Å². The minimum atomic E-state index is -1.70. The lowest BCUT2D eigenvalue weighted by Crippen LogP contribution is -2.37. The normalized spacial score (nSPS) is 27.5. The highest BCUT2D eigenvalue weighted by atomic mass is 79.9. The van der Waals surface area contributed by atoms with Gasteiger partial charge in [-0.3, -0.25) is 0 Å². The summed E-state index contributed by atoms with van der Waals surface area (Å²) in [5.74, 6) is 0. The quantitative estimate of drug-likeness (QED) is 0.570. The number of hydrogen-bond donors (Lipinski definition) is 0. The molecule has 0 bridgehead atoms. The minimum absolute atomic E-state index is 0.0507. The summed E-state index contributed by atoms with van der Waals surface area (Å²) in [6, 6.07) is 19.3. The molecule has 1 aliphatic carbocycles. The van der Waals surface area contributed by atoms with Crippen LogP contribution in [0, 0.1) is 0 Å². The van der Waals surface area contributed by atoms with Crippen molar-refractivity contribution in [1.29, 1.82) is 0 Å². The Morgan fingerprint density at radius 3 is 2.26 bits per heavy atom. The molecular formula is C19H17BrClFO. The second-order valence-electron chi connectivity index (χ2n) is 5.73. The zero-order chi connectivity index (χ0) is 16.3. The second kappa shape index (κ2) is 6.76. The average Bonchev–Trinajstić information content (AvgIpc) is 2.54. The molecule has 1 nitrogen and oxygen atoms in total. The Bertz CT molecular complexity index is 687. The molecule has 4 heteroatoms. The molecule has 0 N–H and O–H groups in total. The number of benzene rings is 2. The van der Waals surface area contributed by atoms with Crippen LogP contribution in [-0.2, 0) is 11.3 Å². The predicted octanol–water partition coefficient (Wildman–Crippen LogP) is 6.08. The summed E-state index contributed by atoms with van der Waals surface area (Å²) >= 11 is 9.72. The SMILES string of the molecule is FC1(Br)CC(Cl)(OCc2ccccc2)CC=C1c1ccccc1. The maximum atomic E-state index is 15.1. The van der Waals surface area contributed by atoms with Gasteiger partial charge in [0.1, 0.15) is 5.06 Å². The van der Waals surface area contributed by atoms with E-state index < -0.39 is 9.64 Å². The molecule has 2 aromatic rings. The van der Waals surface area contributed by atoms with E-state index in [-0.39, 0.29) is 6.42 Å². The first-order valence-electron chi connectivity index (χ1n) is 7.49. The highest BCUT2D eigenvalue weighted by Crippen LogP contribution is 2.50. The van der Waals surface area contributed by atoms with E-state index in [0.29, 0.717) is 18.6 Å². The molecular weight excluding hydrogens is 379 g/mol. The van der Waals surface area contributed by atoms with Crippen LogP contribution in [0.3, 0.4) is 0 Å². The number of alkyl halides is 3. The van der Waals surface area contributed by atoms with Crippen LogP contribution in [0.2, 0.25) is 0 Å². The first kappa shape index (κ1) is 16.7. The Hall–Kier alpha value is -1.16. The van der Waals surface area contributed by atoms with Gasteiger partial charge in [-0.2, -0.15) is 0 Å². The molecule has 2 unspecified atom stereocenters. The van der Waals surface area contributed by atoms with Crippen molar-refractivity contribution < 1.29 is 9.13 Å². The Labute approximate surface area is 149 Å². The van der Waals surface area contributed by atoms with Crippen molar-refractivity contribution in [3.8, 4) is 0 Å². The fraction of sp³-hybridized carbons (Fsp3) is 0.263. The van der Waals surface area contributed by atoms with Crippen LogP contribution in [-0.4, -0.2) is 9.64 Å². The third-order valence-electron chi connectivity index (χ3n) is 3.92. The summed E-state index contributed by atoms with van der Waals surface area (Å²) < 4.78 is 19.3. The maximum absolute atomic E-state index is 15.1. The largest absolute Gasteiger partial charge is 0.355 e.